The summed E-state index contributed by atoms with van der Waals surface area (Å²) in [7, 11) is 2.06. The molecule has 1 heterocycles. The molecule has 0 aromatic carbocycles. The molecule has 0 aliphatic heterocycles. The molecule has 0 radical (unpaired) electrons. The van der Waals surface area contributed by atoms with Crippen molar-refractivity contribution in [2.24, 2.45) is 0 Å². The largest absolute Gasteiger partial charge is 0.339 e. The third-order valence-electron chi connectivity index (χ3n) is 5.13. The molecule has 0 bridgehead atoms. The van der Waals surface area contributed by atoms with Gasteiger partial charge in [0.15, 0.2) is 5.82 Å². The lowest BCUT2D eigenvalue weighted by Gasteiger charge is -2.21. The maximum absolute atomic E-state index is 5.64. The Labute approximate surface area is 121 Å². The van der Waals surface area contributed by atoms with Gasteiger partial charge in [-0.2, -0.15) is 4.98 Å². The van der Waals surface area contributed by atoms with Crippen molar-refractivity contribution in [3.05, 3.63) is 11.7 Å². The van der Waals surface area contributed by atoms with Crippen molar-refractivity contribution in [3.8, 4) is 0 Å². The van der Waals surface area contributed by atoms with Gasteiger partial charge in [0.1, 0.15) is 0 Å². The van der Waals surface area contributed by atoms with E-state index in [4.69, 9.17) is 9.51 Å². The molecule has 1 aromatic rings. The number of hydrogen-bond acceptors (Lipinski definition) is 4. The first kappa shape index (κ1) is 14.1. The average molecular weight is 277 g/mol. The first-order valence-electron chi connectivity index (χ1n) is 8.39. The van der Waals surface area contributed by atoms with Crippen molar-refractivity contribution in [1.82, 2.24) is 15.5 Å². The SMILES string of the molecule is CNC1CCCCCC1c1nc(C2CCCCC2)no1. The van der Waals surface area contributed by atoms with Crippen LogP contribution in [-0.2, 0) is 0 Å². The second-order valence-corrected chi connectivity index (χ2v) is 6.47. The van der Waals surface area contributed by atoms with Gasteiger partial charge in [-0.15, -0.1) is 0 Å². The smallest absolute Gasteiger partial charge is 0.231 e. The summed E-state index contributed by atoms with van der Waals surface area (Å²) in [5.41, 5.74) is 0. The van der Waals surface area contributed by atoms with Crippen molar-refractivity contribution in [1.29, 1.82) is 0 Å². The molecule has 4 nitrogen and oxygen atoms in total. The maximum Gasteiger partial charge on any atom is 0.231 e. The Morgan fingerprint density at radius 1 is 0.950 bits per heavy atom. The number of likely N-dealkylation sites (N-methyl/N-ethyl adjacent to an activating group) is 1. The number of rotatable bonds is 3. The molecule has 20 heavy (non-hydrogen) atoms. The van der Waals surface area contributed by atoms with Gasteiger partial charge in [0.2, 0.25) is 5.89 Å². The van der Waals surface area contributed by atoms with Crippen LogP contribution in [0.3, 0.4) is 0 Å². The number of nitrogens with zero attached hydrogens (tertiary/aromatic N) is 2. The van der Waals surface area contributed by atoms with Crippen LogP contribution in [0.4, 0.5) is 0 Å². The van der Waals surface area contributed by atoms with E-state index in [9.17, 15) is 0 Å². The lowest BCUT2D eigenvalue weighted by molar-refractivity contribution is 0.306. The van der Waals surface area contributed by atoms with E-state index in [1.54, 1.807) is 0 Å². The van der Waals surface area contributed by atoms with E-state index < -0.39 is 0 Å². The molecule has 2 atom stereocenters. The van der Waals surface area contributed by atoms with E-state index in [-0.39, 0.29) is 0 Å². The summed E-state index contributed by atoms with van der Waals surface area (Å²) in [5, 5.41) is 7.75. The topological polar surface area (TPSA) is 51.0 Å². The Morgan fingerprint density at radius 2 is 1.65 bits per heavy atom. The fourth-order valence-corrected chi connectivity index (χ4v) is 3.87. The predicted molar refractivity (Wildman–Crippen MR) is 78.8 cm³/mol. The molecule has 2 saturated carbocycles. The maximum atomic E-state index is 5.64. The van der Waals surface area contributed by atoms with Crippen LogP contribution < -0.4 is 5.32 Å². The highest BCUT2D eigenvalue weighted by Gasteiger charge is 2.30. The molecule has 2 unspecified atom stereocenters. The fraction of sp³-hybridized carbons (Fsp3) is 0.875. The summed E-state index contributed by atoms with van der Waals surface area (Å²) < 4.78 is 5.64. The van der Waals surface area contributed by atoms with Crippen molar-refractivity contribution in [2.45, 2.75) is 82.1 Å². The summed E-state index contributed by atoms with van der Waals surface area (Å²) in [6.45, 7) is 0. The molecular weight excluding hydrogens is 250 g/mol. The van der Waals surface area contributed by atoms with E-state index in [0.29, 0.717) is 17.9 Å². The number of aromatic nitrogens is 2. The Kier molecular flexibility index (Phi) is 4.71. The molecule has 1 aromatic heterocycles. The Balaban J connectivity index is 1.73. The lowest BCUT2D eigenvalue weighted by Crippen LogP contribution is -2.31. The second-order valence-electron chi connectivity index (χ2n) is 6.47. The number of nitrogens with one attached hydrogen (secondary N) is 1. The Bertz CT molecular complexity index is 412. The minimum atomic E-state index is 0.410. The molecule has 0 saturated heterocycles. The molecule has 2 aliphatic rings. The summed E-state index contributed by atoms with van der Waals surface area (Å²) in [5.74, 6) is 2.80. The highest BCUT2D eigenvalue weighted by molar-refractivity contribution is 5.03. The van der Waals surface area contributed by atoms with Gasteiger partial charge in [0.25, 0.3) is 0 Å². The van der Waals surface area contributed by atoms with Crippen LogP contribution >= 0.6 is 0 Å². The molecule has 4 heteroatoms. The molecule has 0 spiro atoms. The molecular formula is C16H27N3O. The Hall–Kier alpha value is -0.900. The zero-order valence-electron chi connectivity index (χ0n) is 12.6. The normalized spacial score (nSPS) is 29.2. The van der Waals surface area contributed by atoms with E-state index in [2.05, 4.69) is 17.5 Å². The lowest BCUT2D eigenvalue weighted by atomic mass is 9.89. The molecule has 112 valence electrons. The van der Waals surface area contributed by atoms with Crippen LogP contribution in [0.25, 0.3) is 0 Å². The summed E-state index contributed by atoms with van der Waals surface area (Å²) >= 11 is 0. The quantitative estimate of drug-likeness (QED) is 0.855. The van der Waals surface area contributed by atoms with Crippen LogP contribution in [0.1, 0.15) is 87.8 Å². The molecule has 2 fully saturated rings. The monoisotopic (exact) mass is 277 g/mol. The van der Waals surface area contributed by atoms with Crippen molar-refractivity contribution < 1.29 is 4.52 Å². The van der Waals surface area contributed by atoms with E-state index in [1.807, 2.05) is 0 Å². The molecule has 3 rings (SSSR count). The van der Waals surface area contributed by atoms with Gasteiger partial charge < -0.3 is 9.84 Å². The highest BCUT2D eigenvalue weighted by atomic mass is 16.5. The van der Waals surface area contributed by atoms with Crippen LogP contribution in [-0.4, -0.2) is 23.2 Å². The first-order valence-corrected chi connectivity index (χ1v) is 8.39. The van der Waals surface area contributed by atoms with E-state index >= 15 is 0 Å². The second kappa shape index (κ2) is 6.70. The van der Waals surface area contributed by atoms with Crippen LogP contribution in [0.5, 0.6) is 0 Å². The van der Waals surface area contributed by atoms with E-state index in [0.717, 1.165) is 11.7 Å². The highest BCUT2D eigenvalue weighted by Crippen LogP contribution is 2.34. The third kappa shape index (κ3) is 3.05. The van der Waals surface area contributed by atoms with Gasteiger partial charge in [0, 0.05) is 12.0 Å². The van der Waals surface area contributed by atoms with Gasteiger partial charge in [-0.25, -0.2) is 0 Å². The van der Waals surface area contributed by atoms with Gasteiger partial charge in [-0.1, -0.05) is 43.7 Å². The zero-order valence-corrected chi connectivity index (χ0v) is 12.6. The molecule has 0 amide bonds. The molecule has 2 aliphatic carbocycles. The minimum Gasteiger partial charge on any atom is -0.339 e. The van der Waals surface area contributed by atoms with E-state index in [1.165, 1.54) is 64.2 Å². The van der Waals surface area contributed by atoms with Crippen molar-refractivity contribution in [2.75, 3.05) is 7.05 Å². The third-order valence-corrected chi connectivity index (χ3v) is 5.13. The summed E-state index contributed by atoms with van der Waals surface area (Å²) in [6.07, 6.45) is 12.8. The first-order chi connectivity index (χ1) is 9.88. The van der Waals surface area contributed by atoms with Gasteiger partial charge in [0.05, 0.1) is 5.92 Å². The summed E-state index contributed by atoms with van der Waals surface area (Å²) in [6, 6.07) is 0.497. The minimum absolute atomic E-state index is 0.410. The van der Waals surface area contributed by atoms with Crippen LogP contribution in [0.15, 0.2) is 4.52 Å². The predicted octanol–water partition coefficient (Wildman–Crippen LogP) is 3.75. The standard InChI is InChI=1S/C16H27N3O/c1-17-14-11-7-3-6-10-13(14)16-18-15(19-20-16)12-8-4-2-5-9-12/h12-14,17H,2-11H2,1H3. The van der Waals surface area contributed by atoms with Crippen LogP contribution in [0.2, 0.25) is 0 Å². The van der Waals surface area contributed by atoms with Gasteiger partial charge in [-0.05, 0) is 32.7 Å². The average Bonchev–Trinajstić information content (AvgIpc) is 2.87. The van der Waals surface area contributed by atoms with Crippen molar-refractivity contribution in [3.63, 3.8) is 0 Å². The summed E-state index contributed by atoms with van der Waals surface area (Å²) in [4.78, 5) is 4.78. The number of hydrogen-bond donors (Lipinski definition) is 1. The van der Waals surface area contributed by atoms with Gasteiger partial charge in [-0.3, -0.25) is 0 Å². The Morgan fingerprint density at radius 3 is 2.40 bits per heavy atom. The van der Waals surface area contributed by atoms with Crippen LogP contribution in [0, 0.1) is 0 Å². The zero-order chi connectivity index (χ0) is 13.8. The van der Waals surface area contributed by atoms with Crippen molar-refractivity contribution >= 4 is 0 Å². The molecule has 1 N–H and O–H groups in total. The van der Waals surface area contributed by atoms with Gasteiger partial charge >= 0.3 is 0 Å². The fourth-order valence-electron chi connectivity index (χ4n) is 3.87.